The van der Waals surface area contributed by atoms with Crippen LogP contribution in [0.2, 0.25) is 0 Å². The summed E-state index contributed by atoms with van der Waals surface area (Å²) < 4.78 is 5.24. The molecule has 3 nitrogen and oxygen atoms in total. The molecule has 0 aromatic heterocycles. The molecule has 0 bridgehead atoms. The summed E-state index contributed by atoms with van der Waals surface area (Å²) >= 11 is 0. The van der Waals surface area contributed by atoms with Gasteiger partial charge in [0.05, 0.1) is 13.2 Å². The molecular weight excluding hydrogens is 274 g/mol. The zero-order valence-electron chi connectivity index (χ0n) is 14.0. The van der Waals surface area contributed by atoms with Gasteiger partial charge in [0.25, 0.3) is 0 Å². The number of rotatable bonds is 4. The van der Waals surface area contributed by atoms with E-state index in [1.165, 1.54) is 18.4 Å². The lowest BCUT2D eigenvalue weighted by molar-refractivity contribution is -0.129. The van der Waals surface area contributed by atoms with Crippen LogP contribution < -0.4 is 4.74 Å². The number of ether oxygens (including phenoxy) is 1. The second-order valence-electron chi connectivity index (χ2n) is 5.93. The van der Waals surface area contributed by atoms with E-state index in [1.54, 1.807) is 7.11 Å². The first-order valence-corrected chi connectivity index (χ1v) is 8.29. The van der Waals surface area contributed by atoms with Crippen molar-refractivity contribution in [1.82, 2.24) is 4.90 Å². The van der Waals surface area contributed by atoms with Crippen LogP contribution in [-0.2, 0) is 4.79 Å². The van der Waals surface area contributed by atoms with E-state index >= 15 is 0 Å². The van der Waals surface area contributed by atoms with Crippen LogP contribution >= 0.6 is 0 Å². The third-order valence-corrected chi connectivity index (χ3v) is 4.36. The average molecular weight is 301 g/mol. The molecule has 1 fully saturated rings. The van der Waals surface area contributed by atoms with E-state index < -0.39 is 0 Å². The highest BCUT2D eigenvalue weighted by Gasteiger charge is 2.27. The molecule has 1 atom stereocenters. The Kier molecular flexibility index (Phi) is 6.05. The van der Waals surface area contributed by atoms with E-state index in [0.29, 0.717) is 0 Å². The summed E-state index contributed by atoms with van der Waals surface area (Å²) in [5.74, 6) is 1.04. The van der Waals surface area contributed by atoms with Crippen molar-refractivity contribution in [3.8, 4) is 5.75 Å². The van der Waals surface area contributed by atoms with Gasteiger partial charge in [0.15, 0.2) is 0 Å². The molecule has 1 heterocycles. The number of hydrogen-bond acceptors (Lipinski definition) is 2. The lowest BCUT2D eigenvalue weighted by Crippen LogP contribution is -2.35. The number of methoxy groups -OCH3 is 1. The maximum Gasteiger partial charge on any atom is 0.249 e. The van der Waals surface area contributed by atoms with Gasteiger partial charge in [-0.1, -0.05) is 38.0 Å². The van der Waals surface area contributed by atoms with Crippen LogP contribution in [0.1, 0.15) is 57.6 Å². The molecule has 3 heteroatoms. The molecule has 0 N–H and O–H groups in total. The maximum absolute atomic E-state index is 12.8. The highest BCUT2D eigenvalue weighted by molar-refractivity contribution is 5.93. The largest absolute Gasteiger partial charge is 0.497 e. The van der Waals surface area contributed by atoms with Crippen molar-refractivity contribution in [1.29, 1.82) is 0 Å². The van der Waals surface area contributed by atoms with E-state index in [0.717, 1.165) is 37.1 Å². The lowest BCUT2D eigenvalue weighted by atomic mass is 10.00. The summed E-state index contributed by atoms with van der Waals surface area (Å²) in [7, 11) is 1.68. The van der Waals surface area contributed by atoms with Crippen LogP contribution in [0.15, 0.2) is 35.9 Å². The maximum atomic E-state index is 12.8. The predicted molar refractivity (Wildman–Crippen MR) is 90.0 cm³/mol. The van der Waals surface area contributed by atoms with E-state index in [1.807, 2.05) is 25.1 Å². The topological polar surface area (TPSA) is 29.5 Å². The highest BCUT2D eigenvalue weighted by atomic mass is 16.5. The molecule has 1 amide bonds. The Balaban J connectivity index is 2.26. The molecule has 0 aliphatic carbocycles. The molecule has 1 aromatic carbocycles. The average Bonchev–Trinajstić information content (AvgIpc) is 2.80. The summed E-state index contributed by atoms with van der Waals surface area (Å²) in [5, 5.41) is 0. The zero-order valence-corrected chi connectivity index (χ0v) is 14.0. The van der Waals surface area contributed by atoms with Crippen molar-refractivity contribution in [3.05, 3.63) is 41.5 Å². The molecule has 1 aromatic rings. The van der Waals surface area contributed by atoms with Gasteiger partial charge < -0.3 is 9.64 Å². The Bertz CT molecular complexity index is 519. The Morgan fingerprint density at radius 2 is 2.00 bits per heavy atom. The Labute approximate surface area is 134 Å². The van der Waals surface area contributed by atoms with Crippen molar-refractivity contribution in [2.24, 2.45) is 0 Å². The van der Waals surface area contributed by atoms with Crippen LogP contribution in [0, 0.1) is 0 Å². The van der Waals surface area contributed by atoms with Crippen LogP contribution in [0.25, 0.3) is 0 Å². The van der Waals surface area contributed by atoms with E-state index in [2.05, 4.69) is 24.0 Å². The van der Waals surface area contributed by atoms with Gasteiger partial charge >= 0.3 is 0 Å². The monoisotopic (exact) mass is 301 g/mol. The molecule has 120 valence electrons. The molecule has 2 rings (SSSR count). The number of carbonyl (C=O) groups is 1. The van der Waals surface area contributed by atoms with Crippen LogP contribution in [0.5, 0.6) is 5.75 Å². The Morgan fingerprint density at radius 3 is 2.64 bits per heavy atom. The predicted octanol–water partition coefficient (Wildman–Crippen LogP) is 4.50. The quantitative estimate of drug-likeness (QED) is 0.767. The van der Waals surface area contributed by atoms with E-state index in [-0.39, 0.29) is 11.9 Å². The van der Waals surface area contributed by atoms with Crippen LogP contribution in [0.3, 0.4) is 0 Å². The van der Waals surface area contributed by atoms with Gasteiger partial charge in [-0.2, -0.15) is 0 Å². The smallest absolute Gasteiger partial charge is 0.249 e. The number of hydrogen-bond donors (Lipinski definition) is 0. The van der Waals surface area contributed by atoms with Crippen molar-refractivity contribution in [2.45, 2.75) is 52.0 Å². The van der Waals surface area contributed by atoms with Gasteiger partial charge in [-0.05, 0) is 43.9 Å². The first-order valence-electron chi connectivity index (χ1n) is 8.29. The molecule has 1 saturated heterocycles. The second kappa shape index (κ2) is 8.02. The van der Waals surface area contributed by atoms with Gasteiger partial charge in [0.1, 0.15) is 5.75 Å². The molecule has 1 unspecified atom stereocenters. The Morgan fingerprint density at radius 1 is 1.27 bits per heavy atom. The van der Waals surface area contributed by atoms with E-state index in [4.69, 9.17) is 4.74 Å². The number of likely N-dealkylation sites (tertiary alicyclic amines) is 1. The fraction of sp³-hybridized carbons (Fsp3) is 0.526. The summed E-state index contributed by atoms with van der Waals surface area (Å²) in [5.41, 5.74) is 2.07. The summed E-state index contributed by atoms with van der Waals surface area (Å²) in [6.45, 7) is 4.85. The molecule has 1 aliphatic rings. The minimum Gasteiger partial charge on any atom is -0.497 e. The normalized spacial score (nSPS) is 19.7. The standard InChI is InChI=1S/C19H27NO2/c1-4-8-15(2)19(21)20-14-7-5-6-9-18(20)16-10-12-17(22-3)13-11-16/h8,10-13,18H,4-7,9,14H2,1-3H3. The number of carbonyl (C=O) groups excluding carboxylic acids is 1. The molecule has 0 saturated carbocycles. The number of amides is 1. The fourth-order valence-corrected chi connectivity index (χ4v) is 3.14. The minimum atomic E-state index is 0.182. The second-order valence-corrected chi connectivity index (χ2v) is 5.93. The zero-order chi connectivity index (χ0) is 15.9. The third-order valence-electron chi connectivity index (χ3n) is 4.36. The van der Waals surface area contributed by atoms with Crippen molar-refractivity contribution < 1.29 is 9.53 Å². The van der Waals surface area contributed by atoms with Crippen molar-refractivity contribution >= 4 is 5.91 Å². The molecule has 22 heavy (non-hydrogen) atoms. The van der Waals surface area contributed by atoms with Gasteiger partial charge in [0, 0.05) is 12.1 Å². The van der Waals surface area contributed by atoms with E-state index in [9.17, 15) is 4.79 Å². The van der Waals surface area contributed by atoms with Gasteiger partial charge in [-0.3, -0.25) is 4.79 Å². The van der Waals surface area contributed by atoms with Gasteiger partial charge in [-0.25, -0.2) is 0 Å². The molecule has 0 radical (unpaired) electrons. The van der Waals surface area contributed by atoms with Gasteiger partial charge in [-0.15, -0.1) is 0 Å². The number of allylic oxidation sites excluding steroid dienone is 1. The van der Waals surface area contributed by atoms with Crippen LogP contribution in [-0.4, -0.2) is 24.5 Å². The highest BCUT2D eigenvalue weighted by Crippen LogP contribution is 2.32. The number of benzene rings is 1. The summed E-state index contributed by atoms with van der Waals surface area (Å²) in [4.78, 5) is 14.8. The lowest BCUT2D eigenvalue weighted by Gasteiger charge is -2.31. The number of nitrogens with zero attached hydrogens (tertiary/aromatic N) is 1. The molecule has 1 aliphatic heterocycles. The van der Waals surface area contributed by atoms with Gasteiger partial charge in [0.2, 0.25) is 5.91 Å². The Hall–Kier alpha value is -1.77. The SMILES string of the molecule is CCC=C(C)C(=O)N1CCCCCC1c1ccc(OC)cc1. The first kappa shape index (κ1) is 16.6. The third kappa shape index (κ3) is 3.90. The van der Waals surface area contributed by atoms with Crippen molar-refractivity contribution in [2.75, 3.05) is 13.7 Å². The fourth-order valence-electron chi connectivity index (χ4n) is 3.14. The minimum absolute atomic E-state index is 0.182. The summed E-state index contributed by atoms with van der Waals surface area (Å²) in [6.07, 6.45) is 7.44. The summed E-state index contributed by atoms with van der Waals surface area (Å²) in [6, 6.07) is 8.33. The van der Waals surface area contributed by atoms with Crippen molar-refractivity contribution in [3.63, 3.8) is 0 Å². The first-order chi connectivity index (χ1) is 10.7. The molecule has 0 spiro atoms. The molecular formula is C19H27NO2. The van der Waals surface area contributed by atoms with Crippen LogP contribution in [0.4, 0.5) is 0 Å².